The molecule has 0 radical (unpaired) electrons. The van der Waals surface area contributed by atoms with Crippen LogP contribution in [0.5, 0.6) is 0 Å². The SMILES string of the molecule is COC(=O)N(C)[C@]1(C)C[C@H]([S+]([O-])N2CC3(CC(c4ccc(C)cc4C)C3)C2)C1. The minimum atomic E-state index is -0.937. The van der Waals surface area contributed by atoms with E-state index in [4.69, 9.17) is 4.74 Å². The summed E-state index contributed by atoms with van der Waals surface area (Å²) in [6, 6.07) is 6.79. The van der Waals surface area contributed by atoms with Crippen molar-refractivity contribution in [3.05, 3.63) is 34.9 Å². The van der Waals surface area contributed by atoms with Gasteiger partial charge in [0.2, 0.25) is 0 Å². The molecule has 1 saturated heterocycles. The van der Waals surface area contributed by atoms with Crippen LogP contribution in [0.2, 0.25) is 0 Å². The van der Waals surface area contributed by atoms with Crippen LogP contribution in [0.1, 0.15) is 55.2 Å². The molecule has 154 valence electrons. The van der Waals surface area contributed by atoms with E-state index in [0.29, 0.717) is 11.3 Å². The van der Waals surface area contributed by atoms with Gasteiger partial charge in [0.05, 0.1) is 25.7 Å². The Morgan fingerprint density at radius 1 is 1.25 bits per heavy atom. The van der Waals surface area contributed by atoms with E-state index < -0.39 is 11.4 Å². The van der Waals surface area contributed by atoms with E-state index >= 15 is 0 Å². The van der Waals surface area contributed by atoms with Crippen LogP contribution in [0.15, 0.2) is 18.2 Å². The molecule has 1 aliphatic heterocycles. The zero-order chi connectivity index (χ0) is 20.3. The molecule has 3 aliphatic rings. The molecule has 0 N–H and O–H groups in total. The molecule has 0 aromatic heterocycles. The summed E-state index contributed by atoms with van der Waals surface area (Å²) in [4.78, 5) is 13.4. The van der Waals surface area contributed by atoms with Crippen LogP contribution in [-0.4, -0.2) is 57.9 Å². The quantitative estimate of drug-likeness (QED) is 0.717. The van der Waals surface area contributed by atoms with Gasteiger partial charge in [-0.25, -0.2) is 4.79 Å². The lowest BCUT2D eigenvalue weighted by molar-refractivity contribution is -0.0284. The van der Waals surface area contributed by atoms with Gasteiger partial charge in [0.25, 0.3) is 0 Å². The van der Waals surface area contributed by atoms with Crippen molar-refractivity contribution in [1.82, 2.24) is 9.21 Å². The molecule has 2 saturated carbocycles. The number of hydrogen-bond acceptors (Lipinski definition) is 4. The van der Waals surface area contributed by atoms with E-state index in [1.807, 2.05) is 0 Å². The Labute approximate surface area is 171 Å². The van der Waals surface area contributed by atoms with E-state index in [1.54, 1.807) is 11.9 Å². The van der Waals surface area contributed by atoms with Crippen molar-refractivity contribution in [3.8, 4) is 0 Å². The molecule has 1 unspecified atom stereocenters. The highest BCUT2D eigenvalue weighted by Gasteiger charge is 2.60. The first-order valence-corrected chi connectivity index (χ1v) is 11.4. The second-order valence-corrected chi connectivity index (χ2v) is 11.3. The highest BCUT2D eigenvalue weighted by atomic mass is 32.2. The van der Waals surface area contributed by atoms with E-state index in [0.717, 1.165) is 25.9 Å². The van der Waals surface area contributed by atoms with Crippen molar-refractivity contribution in [1.29, 1.82) is 0 Å². The van der Waals surface area contributed by atoms with Gasteiger partial charge in [-0.1, -0.05) is 23.8 Å². The lowest BCUT2D eigenvalue weighted by Gasteiger charge is -2.60. The number of ether oxygens (including phenoxy) is 1. The number of methoxy groups -OCH3 is 1. The maximum atomic E-state index is 12.9. The van der Waals surface area contributed by atoms with E-state index in [2.05, 4.69) is 43.3 Å². The molecule has 1 aromatic carbocycles. The van der Waals surface area contributed by atoms with Gasteiger partial charge in [-0.2, -0.15) is 0 Å². The Kier molecular flexibility index (Phi) is 4.96. The van der Waals surface area contributed by atoms with E-state index in [9.17, 15) is 9.35 Å². The van der Waals surface area contributed by atoms with Gasteiger partial charge in [-0.3, -0.25) is 0 Å². The number of hydrogen-bond donors (Lipinski definition) is 0. The Bertz CT molecular complexity index is 763. The highest BCUT2D eigenvalue weighted by Crippen LogP contribution is 2.58. The summed E-state index contributed by atoms with van der Waals surface area (Å²) >= 11 is -0.937. The van der Waals surface area contributed by atoms with Crippen LogP contribution in [0.25, 0.3) is 0 Å². The summed E-state index contributed by atoms with van der Waals surface area (Å²) in [6.07, 6.45) is 3.68. The molecule has 2 aliphatic carbocycles. The maximum absolute atomic E-state index is 12.9. The van der Waals surface area contributed by atoms with Crippen molar-refractivity contribution >= 4 is 17.5 Å². The standard InChI is InChI=1S/C22H32N2O3S/c1-15-6-7-19(16(2)8-15)17-9-22(10-17)13-24(14-22)28(26)18-11-21(3,12-18)23(4)20(25)27-5/h6-8,17-18H,9-14H2,1-5H3/t18-,21+,28?. The minimum absolute atomic E-state index is 0.157. The number of aryl methyl sites for hydroxylation is 2. The highest BCUT2D eigenvalue weighted by molar-refractivity contribution is 7.89. The first kappa shape index (κ1) is 20.0. The number of nitrogens with zero attached hydrogens (tertiary/aromatic N) is 2. The summed E-state index contributed by atoms with van der Waals surface area (Å²) in [6.45, 7) is 8.33. The monoisotopic (exact) mass is 404 g/mol. The van der Waals surface area contributed by atoms with Crippen molar-refractivity contribution in [2.45, 2.75) is 63.2 Å². The average Bonchev–Trinajstić information content (AvgIpc) is 2.56. The van der Waals surface area contributed by atoms with Gasteiger partial charge in [-0.05, 0) is 50.7 Å². The Hall–Kier alpha value is -1.24. The lowest BCUT2D eigenvalue weighted by Crippen LogP contribution is -2.67. The third kappa shape index (κ3) is 3.23. The number of benzene rings is 1. The van der Waals surface area contributed by atoms with Crippen LogP contribution in [0, 0.1) is 19.3 Å². The predicted octanol–water partition coefficient (Wildman–Crippen LogP) is 3.77. The second kappa shape index (κ2) is 6.92. The van der Waals surface area contributed by atoms with E-state index in [-0.39, 0.29) is 16.9 Å². The van der Waals surface area contributed by atoms with Gasteiger partial charge in [0.15, 0.2) is 0 Å². The summed E-state index contributed by atoms with van der Waals surface area (Å²) in [7, 11) is 3.17. The molecular formula is C22H32N2O3S. The van der Waals surface area contributed by atoms with Gasteiger partial charge in [-0.15, -0.1) is 4.31 Å². The van der Waals surface area contributed by atoms with E-state index in [1.165, 1.54) is 36.6 Å². The molecule has 5 nitrogen and oxygen atoms in total. The molecule has 4 rings (SSSR count). The topological polar surface area (TPSA) is 55.8 Å². The molecule has 1 amide bonds. The smallest absolute Gasteiger partial charge is 0.409 e. The fourth-order valence-electron chi connectivity index (χ4n) is 5.48. The molecule has 1 aromatic rings. The minimum Gasteiger partial charge on any atom is -0.598 e. The van der Waals surface area contributed by atoms with Gasteiger partial charge < -0.3 is 14.2 Å². The van der Waals surface area contributed by atoms with Crippen molar-refractivity contribution in [2.24, 2.45) is 5.41 Å². The molecule has 1 atom stereocenters. The fraction of sp³-hybridized carbons (Fsp3) is 0.682. The van der Waals surface area contributed by atoms with Crippen LogP contribution in [0.4, 0.5) is 4.79 Å². The number of amides is 1. The average molecular weight is 405 g/mol. The maximum Gasteiger partial charge on any atom is 0.409 e. The summed E-state index contributed by atoms with van der Waals surface area (Å²) in [5.74, 6) is 0.664. The molecule has 0 bridgehead atoms. The zero-order valence-corrected chi connectivity index (χ0v) is 18.5. The second-order valence-electron chi connectivity index (χ2n) is 9.60. The van der Waals surface area contributed by atoms with Crippen LogP contribution in [-0.2, 0) is 16.1 Å². The largest absolute Gasteiger partial charge is 0.598 e. The number of carbonyl (C=O) groups excluding carboxylic acids is 1. The van der Waals surface area contributed by atoms with Crippen LogP contribution >= 0.6 is 0 Å². The van der Waals surface area contributed by atoms with Crippen LogP contribution < -0.4 is 0 Å². The zero-order valence-electron chi connectivity index (χ0n) is 17.7. The Morgan fingerprint density at radius 2 is 1.89 bits per heavy atom. The molecule has 28 heavy (non-hydrogen) atoms. The Balaban J connectivity index is 1.26. The molecule has 6 heteroatoms. The lowest BCUT2D eigenvalue weighted by atomic mass is 9.56. The summed E-state index contributed by atoms with van der Waals surface area (Å²) in [5.41, 5.74) is 4.37. The summed E-state index contributed by atoms with van der Waals surface area (Å²) < 4.78 is 19.9. The first-order valence-electron chi connectivity index (χ1n) is 10.2. The van der Waals surface area contributed by atoms with Gasteiger partial charge in [0, 0.05) is 36.7 Å². The summed E-state index contributed by atoms with van der Waals surface area (Å²) in [5, 5.41) is 0.157. The fourth-order valence-corrected chi connectivity index (χ4v) is 7.71. The van der Waals surface area contributed by atoms with Crippen LogP contribution in [0.3, 0.4) is 0 Å². The molecule has 3 fully saturated rings. The molecule has 1 spiro atoms. The van der Waals surface area contributed by atoms with Crippen molar-refractivity contribution in [2.75, 3.05) is 27.2 Å². The normalized spacial score (nSPS) is 30.1. The third-order valence-electron chi connectivity index (χ3n) is 7.38. The van der Waals surface area contributed by atoms with Crippen molar-refractivity contribution in [3.63, 3.8) is 0 Å². The predicted molar refractivity (Wildman–Crippen MR) is 112 cm³/mol. The van der Waals surface area contributed by atoms with Crippen molar-refractivity contribution < 1.29 is 14.1 Å². The van der Waals surface area contributed by atoms with Gasteiger partial charge >= 0.3 is 6.09 Å². The molecular weight excluding hydrogens is 372 g/mol. The van der Waals surface area contributed by atoms with Gasteiger partial charge in [0.1, 0.15) is 5.25 Å². The third-order valence-corrected chi connectivity index (χ3v) is 9.05. The number of carbonyl (C=O) groups is 1. The Morgan fingerprint density at radius 3 is 2.46 bits per heavy atom. The first-order chi connectivity index (χ1) is 13.2. The molecule has 1 heterocycles. The number of rotatable bonds is 4.